The first-order valence-corrected chi connectivity index (χ1v) is 6.23. The van der Waals surface area contributed by atoms with Crippen LogP contribution in [-0.4, -0.2) is 4.98 Å². The van der Waals surface area contributed by atoms with Gasteiger partial charge in [0.05, 0.1) is 23.2 Å². The molecule has 2 aromatic rings. The Labute approximate surface area is 120 Å². The Morgan fingerprint density at radius 2 is 1.89 bits per heavy atom. The zero-order valence-corrected chi connectivity index (χ0v) is 11.4. The van der Waals surface area contributed by atoms with Gasteiger partial charge in [0.1, 0.15) is 5.15 Å². The fourth-order valence-corrected chi connectivity index (χ4v) is 2.25. The second kappa shape index (κ2) is 5.58. The molecule has 0 fully saturated rings. The minimum Gasteiger partial charge on any atom is -0.236 e. The highest BCUT2D eigenvalue weighted by Gasteiger charge is 2.08. The van der Waals surface area contributed by atoms with Crippen molar-refractivity contribution in [3.05, 3.63) is 51.1 Å². The van der Waals surface area contributed by atoms with E-state index in [0.717, 1.165) is 5.56 Å². The van der Waals surface area contributed by atoms with Crippen molar-refractivity contribution >= 4 is 34.8 Å². The molecular weight excluding hydrogens is 291 g/mol. The molecule has 0 spiro atoms. The normalized spacial score (nSPS) is 10.1. The van der Waals surface area contributed by atoms with Crippen molar-refractivity contribution < 1.29 is 0 Å². The second-order valence-corrected chi connectivity index (χ2v) is 4.81. The summed E-state index contributed by atoms with van der Waals surface area (Å²) in [6, 6.07) is 10.8. The number of halogens is 3. The van der Waals surface area contributed by atoms with Crippen LogP contribution in [0.3, 0.4) is 0 Å². The highest BCUT2D eigenvalue weighted by molar-refractivity contribution is 6.36. The first kappa shape index (κ1) is 13.2. The van der Waals surface area contributed by atoms with E-state index in [2.05, 4.69) is 4.98 Å². The van der Waals surface area contributed by atoms with Gasteiger partial charge in [0.15, 0.2) is 0 Å². The van der Waals surface area contributed by atoms with E-state index in [1.54, 1.807) is 30.3 Å². The van der Waals surface area contributed by atoms with Crippen molar-refractivity contribution in [1.29, 1.82) is 5.26 Å². The Hall–Kier alpha value is -1.27. The van der Waals surface area contributed by atoms with E-state index in [1.165, 1.54) is 0 Å². The Kier molecular flexibility index (Phi) is 4.08. The lowest BCUT2D eigenvalue weighted by Gasteiger charge is -2.06. The van der Waals surface area contributed by atoms with Crippen LogP contribution in [0.25, 0.3) is 11.3 Å². The van der Waals surface area contributed by atoms with Crippen LogP contribution in [-0.2, 0) is 6.42 Å². The van der Waals surface area contributed by atoms with E-state index in [9.17, 15) is 0 Å². The molecule has 18 heavy (non-hydrogen) atoms. The van der Waals surface area contributed by atoms with Crippen LogP contribution in [0, 0.1) is 11.3 Å². The van der Waals surface area contributed by atoms with Crippen LogP contribution in [0.1, 0.15) is 5.56 Å². The molecule has 1 aromatic carbocycles. The van der Waals surface area contributed by atoms with Crippen LogP contribution in [0.5, 0.6) is 0 Å². The molecule has 1 aromatic heterocycles. The zero-order valence-electron chi connectivity index (χ0n) is 9.12. The maximum atomic E-state index is 8.63. The van der Waals surface area contributed by atoms with E-state index in [1.807, 2.05) is 6.07 Å². The van der Waals surface area contributed by atoms with E-state index in [4.69, 9.17) is 40.1 Å². The molecule has 2 nitrogen and oxygen atoms in total. The van der Waals surface area contributed by atoms with Crippen molar-refractivity contribution in [1.82, 2.24) is 4.98 Å². The highest BCUT2D eigenvalue weighted by Crippen LogP contribution is 2.30. The largest absolute Gasteiger partial charge is 0.236 e. The summed E-state index contributed by atoms with van der Waals surface area (Å²) in [5.74, 6) is 0. The van der Waals surface area contributed by atoms with Crippen LogP contribution in [0.4, 0.5) is 0 Å². The van der Waals surface area contributed by atoms with Crippen molar-refractivity contribution in [2.75, 3.05) is 0 Å². The van der Waals surface area contributed by atoms with Gasteiger partial charge in [0.2, 0.25) is 0 Å². The maximum Gasteiger partial charge on any atom is 0.133 e. The molecule has 0 radical (unpaired) electrons. The lowest BCUT2D eigenvalue weighted by molar-refractivity contribution is 1.19. The smallest absolute Gasteiger partial charge is 0.133 e. The number of hydrogen-bond donors (Lipinski definition) is 0. The third kappa shape index (κ3) is 2.76. The molecule has 0 aliphatic heterocycles. The van der Waals surface area contributed by atoms with Gasteiger partial charge in [-0.3, -0.25) is 0 Å². The van der Waals surface area contributed by atoms with Gasteiger partial charge < -0.3 is 0 Å². The fraction of sp³-hybridized carbons (Fsp3) is 0.0769. The molecule has 1 heterocycles. The van der Waals surface area contributed by atoms with Gasteiger partial charge in [0.25, 0.3) is 0 Å². The predicted octanol–water partition coefficient (Wildman–Crippen LogP) is 4.77. The molecule has 90 valence electrons. The average molecular weight is 298 g/mol. The molecular formula is C13H7Cl3N2. The second-order valence-electron chi connectivity index (χ2n) is 3.61. The fourth-order valence-electron chi connectivity index (χ4n) is 1.53. The van der Waals surface area contributed by atoms with Crippen molar-refractivity contribution in [2.24, 2.45) is 0 Å². The molecule has 0 aliphatic rings. The molecule has 0 atom stereocenters. The lowest BCUT2D eigenvalue weighted by atomic mass is 10.1. The SMILES string of the molecule is N#CCc1ccc(-c2ccc(Cl)cc2Cl)nc1Cl. The number of nitriles is 1. The van der Waals surface area contributed by atoms with E-state index < -0.39 is 0 Å². The predicted molar refractivity (Wildman–Crippen MR) is 74.0 cm³/mol. The molecule has 0 N–H and O–H groups in total. The highest BCUT2D eigenvalue weighted by atomic mass is 35.5. The molecule has 0 bridgehead atoms. The minimum absolute atomic E-state index is 0.237. The standard InChI is InChI=1S/C13H7Cl3N2/c14-9-2-3-10(11(15)7-9)12-4-1-8(5-6-17)13(16)18-12/h1-4,7H,5H2. The Morgan fingerprint density at radius 3 is 2.50 bits per heavy atom. The van der Waals surface area contributed by atoms with Gasteiger partial charge in [-0.05, 0) is 24.3 Å². The molecule has 5 heteroatoms. The maximum absolute atomic E-state index is 8.63. The van der Waals surface area contributed by atoms with Crippen LogP contribution in [0.15, 0.2) is 30.3 Å². The molecule has 0 unspecified atom stereocenters. The van der Waals surface area contributed by atoms with Crippen LogP contribution >= 0.6 is 34.8 Å². The Balaban J connectivity index is 2.46. The molecule has 2 rings (SSSR count). The molecule has 0 amide bonds. The van der Waals surface area contributed by atoms with Crippen molar-refractivity contribution in [3.63, 3.8) is 0 Å². The van der Waals surface area contributed by atoms with Gasteiger partial charge in [-0.1, -0.05) is 40.9 Å². The number of rotatable bonds is 2. The minimum atomic E-state index is 0.237. The molecule has 0 saturated carbocycles. The number of pyridine rings is 1. The van der Waals surface area contributed by atoms with Crippen LogP contribution < -0.4 is 0 Å². The van der Waals surface area contributed by atoms with Gasteiger partial charge in [-0.25, -0.2) is 4.98 Å². The third-order valence-electron chi connectivity index (χ3n) is 2.40. The van der Waals surface area contributed by atoms with Gasteiger partial charge in [-0.2, -0.15) is 5.26 Å². The first-order valence-electron chi connectivity index (χ1n) is 5.09. The summed E-state index contributed by atoms with van der Waals surface area (Å²) in [4.78, 5) is 4.24. The van der Waals surface area contributed by atoms with Gasteiger partial charge >= 0.3 is 0 Å². The average Bonchev–Trinajstić information content (AvgIpc) is 2.32. The summed E-state index contributed by atoms with van der Waals surface area (Å²) < 4.78 is 0. The quantitative estimate of drug-likeness (QED) is 0.748. The van der Waals surface area contributed by atoms with E-state index in [-0.39, 0.29) is 6.42 Å². The van der Waals surface area contributed by atoms with Crippen LogP contribution in [0.2, 0.25) is 15.2 Å². The van der Waals surface area contributed by atoms with Gasteiger partial charge in [-0.15, -0.1) is 0 Å². The monoisotopic (exact) mass is 296 g/mol. The van der Waals surface area contributed by atoms with Crippen molar-refractivity contribution in [2.45, 2.75) is 6.42 Å². The Morgan fingerprint density at radius 1 is 1.11 bits per heavy atom. The third-order valence-corrected chi connectivity index (χ3v) is 3.28. The number of benzene rings is 1. The summed E-state index contributed by atoms with van der Waals surface area (Å²) in [5.41, 5.74) is 2.11. The van der Waals surface area contributed by atoms with Crippen molar-refractivity contribution in [3.8, 4) is 17.3 Å². The first-order chi connectivity index (χ1) is 8.61. The summed E-state index contributed by atoms with van der Waals surface area (Å²) >= 11 is 17.9. The van der Waals surface area contributed by atoms with Gasteiger partial charge in [0, 0.05) is 16.1 Å². The number of aromatic nitrogens is 1. The van der Waals surface area contributed by atoms with E-state index >= 15 is 0 Å². The zero-order chi connectivity index (χ0) is 13.1. The number of nitrogens with zero attached hydrogens (tertiary/aromatic N) is 2. The van der Waals surface area contributed by atoms with E-state index in [0.29, 0.717) is 26.5 Å². The topological polar surface area (TPSA) is 36.7 Å². The summed E-state index contributed by atoms with van der Waals surface area (Å²) in [6.45, 7) is 0. The Bertz CT molecular complexity index is 633. The number of hydrogen-bond acceptors (Lipinski definition) is 2. The summed E-state index contributed by atoms with van der Waals surface area (Å²) in [5, 5.41) is 10.0. The molecule has 0 aliphatic carbocycles. The molecule has 0 saturated heterocycles. The summed E-state index contributed by atoms with van der Waals surface area (Å²) in [6.07, 6.45) is 0.237. The summed E-state index contributed by atoms with van der Waals surface area (Å²) in [7, 11) is 0. The lowest BCUT2D eigenvalue weighted by Crippen LogP contribution is -1.91.